The third-order valence-electron chi connectivity index (χ3n) is 9.65. The van der Waals surface area contributed by atoms with Gasteiger partial charge in [0, 0.05) is 12.8 Å². The van der Waals surface area contributed by atoms with Gasteiger partial charge >= 0.3 is 11.9 Å². The van der Waals surface area contributed by atoms with E-state index in [0.717, 1.165) is 51.4 Å². The summed E-state index contributed by atoms with van der Waals surface area (Å²) in [6.07, 6.45) is 25.0. The second-order valence-electron chi connectivity index (χ2n) is 14.4. The highest BCUT2D eigenvalue weighted by atomic mass is 16.7. The second-order valence-corrected chi connectivity index (χ2v) is 14.4. The second kappa shape index (κ2) is 33.0. The molecule has 0 bridgehead atoms. The molecule has 0 aromatic carbocycles. The van der Waals surface area contributed by atoms with Crippen LogP contribution in [0.4, 0.5) is 0 Å². The molecule has 1 unspecified atom stereocenters. The number of carbonyl (C=O) groups is 2. The predicted octanol–water partition coefficient (Wildman–Crippen LogP) is 8.00. The number of carbonyl (C=O) groups excluding carboxylic acids is 2. The standard InChI is InChI=1S/C41H76O10/c1-3-5-7-9-11-13-15-16-17-18-20-22-24-26-28-30-37(44)50-34(33-49-41-40(47)39(46)38(45)35(31-42)51-41)32-48-36(43)29-27-25-23-21-19-14-12-10-8-6-4-2/h16-17,34-35,38-42,45-47H,3-15,18-33H2,1-2H3/t34?,35-,38-,39+,40-,41+/m1/s1. The summed E-state index contributed by atoms with van der Waals surface area (Å²) in [5.41, 5.74) is 0. The smallest absolute Gasteiger partial charge is 0.306 e. The topological polar surface area (TPSA) is 152 Å². The SMILES string of the molecule is CCCCCCCCC=CCCCCCCCC(=O)OC(COC(=O)CCCCCCCCCCCCC)CO[C@H]1O[C@H](CO)[C@@H](O)[C@H](O)[C@H]1O. The number of hydrogen-bond acceptors (Lipinski definition) is 10. The first kappa shape index (κ1) is 47.5. The Hall–Kier alpha value is -1.56. The monoisotopic (exact) mass is 729 g/mol. The van der Waals surface area contributed by atoms with Crippen LogP contribution in [0, 0.1) is 0 Å². The largest absolute Gasteiger partial charge is 0.462 e. The number of unbranched alkanes of at least 4 members (excludes halogenated alkanes) is 21. The molecule has 0 radical (unpaired) electrons. The molecule has 1 rings (SSSR count). The minimum atomic E-state index is -1.59. The van der Waals surface area contributed by atoms with Gasteiger partial charge in [-0.15, -0.1) is 0 Å². The lowest BCUT2D eigenvalue weighted by Gasteiger charge is -2.39. The van der Waals surface area contributed by atoms with Crippen LogP contribution in [0.25, 0.3) is 0 Å². The number of aliphatic hydroxyl groups excluding tert-OH is 4. The van der Waals surface area contributed by atoms with Crippen molar-refractivity contribution in [2.45, 2.75) is 218 Å². The molecule has 300 valence electrons. The Balaban J connectivity index is 2.37. The predicted molar refractivity (Wildman–Crippen MR) is 201 cm³/mol. The molecule has 6 atom stereocenters. The molecule has 4 N–H and O–H groups in total. The Morgan fingerprint density at radius 3 is 1.53 bits per heavy atom. The number of esters is 2. The molecular formula is C41H76O10. The molecule has 0 aliphatic carbocycles. The lowest BCUT2D eigenvalue weighted by molar-refractivity contribution is -0.305. The van der Waals surface area contributed by atoms with E-state index >= 15 is 0 Å². The van der Waals surface area contributed by atoms with Crippen LogP contribution in [0.1, 0.15) is 181 Å². The summed E-state index contributed by atoms with van der Waals surface area (Å²) in [6, 6.07) is 0. The van der Waals surface area contributed by atoms with Crippen molar-refractivity contribution in [3.63, 3.8) is 0 Å². The zero-order chi connectivity index (χ0) is 37.4. The van der Waals surface area contributed by atoms with Crippen molar-refractivity contribution < 1.29 is 49.0 Å². The van der Waals surface area contributed by atoms with Gasteiger partial charge in [0.2, 0.25) is 0 Å². The van der Waals surface area contributed by atoms with Crippen LogP contribution >= 0.6 is 0 Å². The molecule has 1 fully saturated rings. The number of allylic oxidation sites excluding steroid dienone is 2. The highest BCUT2D eigenvalue weighted by molar-refractivity contribution is 5.70. The Morgan fingerprint density at radius 1 is 0.588 bits per heavy atom. The molecular weight excluding hydrogens is 652 g/mol. The van der Waals surface area contributed by atoms with E-state index < -0.39 is 49.4 Å². The fourth-order valence-electron chi connectivity index (χ4n) is 6.30. The van der Waals surface area contributed by atoms with Crippen molar-refractivity contribution in [1.29, 1.82) is 0 Å². The van der Waals surface area contributed by atoms with Crippen molar-refractivity contribution in [3.05, 3.63) is 12.2 Å². The van der Waals surface area contributed by atoms with E-state index in [2.05, 4.69) is 26.0 Å². The highest BCUT2D eigenvalue weighted by Crippen LogP contribution is 2.22. The third kappa shape index (κ3) is 25.2. The number of hydrogen-bond donors (Lipinski definition) is 4. The van der Waals surface area contributed by atoms with Crippen LogP contribution in [0.2, 0.25) is 0 Å². The zero-order valence-electron chi connectivity index (χ0n) is 32.4. The van der Waals surface area contributed by atoms with Gasteiger partial charge in [-0.2, -0.15) is 0 Å². The van der Waals surface area contributed by atoms with Gasteiger partial charge in [-0.1, -0.05) is 142 Å². The van der Waals surface area contributed by atoms with E-state index in [9.17, 15) is 30.0 Å². The van der Waals surface area contributed by atoms with E-state index in [1.54, 1.807) is 0 Å². The maximum absolute atomic E-state index is 12.7. The van der Waals surface area contributed by atoms with Crippen molar-refractivity contribution in [2.75, 3.05) is 19.8 Å². The number of aliphatic hydroxyl groups is 4. The third-order valence-corrected chi connectivity index (χ3v) is 9.65. The number of ether oxygens (including phenoxy) is 4. The minimum absolute atomic E-state index is 0.216. The first-order chi connectivity index (χ1) is 24.8. The summed E-state index contributed by atoms with van der Waals surface area (Å²) in [4.78, 5) is 25.2. The van der Waals surface area contributed by atoms with Gasteiger partial charge in [0.25, 0.3) is 0 Å². The molecule has 1 aliphatic heterocycles. The fourth-order valence-corrected chi connectivity index (χ4v) is 6.30. The average molecular weight is 729 g/mol. The summed E-state index contributed by atoms with van der Waals surface area (Å²) in [5.74, 6) is -0.812. The lowest BCUT2D eigenvalue weighted by atomic mass is 9.99. The molecule has 1 aliphatic rings. The summed E-state index contributed by atoms with van der Waals surface area (Å²) in [5, 5.41) is 39.9. The molecule has 0 aromatic rings. The Labute approximate surface area is 310 Å². The summed E-state index contributed by atoms with van der Waals surface area (Å²) in [6.45, 7) is 3.40. The van der Waals surface area contributed by atoms with Crippen LogP contribution in [-0.4, -0.2) is 89.0 Å². The first-order valence-electron chi connectivity index (χ1n) is 20.8. The Morgan fingerprint density at radius 2 is 1.04 bits per heavy atom. The van der Waals surface area contributed by atoms with Gasteiger partial charge in [-0.05, 0) is 38.5 Å². The summed E-state index contributed by atoms with van der Waals surface area (Å²) >= 11 is 0. The molecule has 0 saturated carbocycles. The molecule has 1 heterocycles. The van der Waals surface area contributed by atoms with E-state index in [0.29, 0.717) is 6.42 Å². The van der Waals surface area contributed by atoms with Crippen molar-refractivity contribution in [1.82, 2.24) is 0 Å². The average Bonchev–Trinajstić information content (AvgIpc) is 3.13. The van der Waals surface area contributed by atoms with Gasteiger partial charge in [0.1, 0.15) is 31.0 Å². The summed E-state index contributed by atoms with van der Waals surface area (Å²) < 4.78 is 22.1. The maximum atomic E-state index is 12.7. The molecule has 0 spiro atoms. The maximum Gasteiger partial charge on any atom is 0.306 e. The molecule has 1 saturated heterocycles. The highest BCUT2D eigenvalue weighted by Gasteiger charge is 2.44. The van der Waals surface area contributed by atoms with Gasteiger partial charge in [-0.25, -0.2) is 0 Å². The molecule has 10 nitrogen and oxygen atoms in total. The van der Waals surface area contributed by atoms with Crippen LogP contribution in [0.3, 0.4) is 0 Å². The van der Waals surface area contributed by atoms with E-state index in [4.69, 9.17) is 18.9 Å². The zero-order valence-corrected chi connectivity index (χ0v) is 32.4. The first-order valence-corrected chi connectivity index (χ1v) is 20.8. The van der Waals surface area contributed by atoms with Crippen LogP contribution < -0.4 is 0 Å². The Bertz CT molecular complexity index is 850. The minimum Gasteiger partial charge on any atom is -0.462 e. The quantitative estimate of drug-likeness (QED) is 0.0291. The van der Waals surface area contributed by atoms with Gasteiger partial charge in [0.15, 0.2) is 12.4 Å². The molecule has 0 aromatic heterocycles. The van der Waals surface area contributed by atoms with Crippen molar-refractivity contribution >= 4 is 11.9 Å². The van der Waals surface area contributed by atoms with Crippen LogP contribution in [0.15, 0.2) is 12.2 Å². The lowest BCUT2D eigenvalue weighted by Crippen LogP contribution is -2.59. The number of rotatable bonds is 34. The van der Waals surface area contributed by atoms with Gasteiger partial charge in [0.05, 0.1) is 13.2 Å². The van der Waals surface area contributed by atoms with Crippen molar-refractivity contribution in [3.8, 4) is 0 Å². The van der Waals surface area contributed by atoms with E-state index in [-0.39, 0.29) is 32.0 Å². The van der Waals surface area contributed by atoms with Crippen LogP contribution in [0.5, 0.6) is 0 Å². The van der Waals surface area contributed by atoms with E-state index in [1.165, 1.54) is 96.3 Å². The van der Waals surface area contributed by atoms with Crippen molar-refractivity contribution in [2.24, 2.45) is 0 Å². The summed E-state index contributed by atoms with van der Waals surface area (Å²) in [7, 11) is 0. The van der Waals surface area contributed by atoms with E-state index in [1.807, 2.05) is 0 Å². The fraction of sp³-hybridized carbons (Fsp3) is 0.902. The Kier molecular flexibility index (Phi) is 30.7. The molecule has 0 amide bonds. The normalized spacial score (nSPS) is 21.3. The molecule has 51 heavy (non-hydrogen) atoms. The van der Waals surface area contributed by atoms with Crippen LogP contribution in [-0.2, 0) is 28.5 Å². The van der Waals surface area contributed by atoms with Gasteiger partial charge < -0.3 is 39.4 Å². The molecule has 10 heteroatoms. The van der Waals surface area contributed by atoms with Gasteiger partial charge in [-0.3, -0.25) is 9.59 Å².